The molecule has 0 aromatic carbocycles. The van der Waals surface area contributed by atoms with E-state index in [1.54, 1.807) is 24.5 Å². The van der Waals surface area contributed by atoms with Gasteiger partial charge >= 0.3 is 0 Å². The van der Waals surface area contributed by atoms with E-state index in [2.05, 4.69) is 4.98 Å². The highest BCUT2D eigenvalue weighted by Crippen LogP contribution is 2.11. The molecule has 78 valence electrons. The summed E-state index contributed by atoms with van der Waals surface area (Å²) in [5.74, 6) is 0. The summed E-state index contributed by atoms with van der Waals surface area (Å²) in [4.78, 5) is 5.76. The molecule has 0 radical (unpaired) electrons. The van der Waals surface area contributed by atoms with Gasteiger partial charge in [-0.05, 0) is 24.7 Å². The number of hydrogen-bond donors (Lipinski definition) is 2. The Morgan fingerprint density at radius 3 is 2.64 bits per heavy atom. The minimum absolute atomic E-state index is 0.111. The first-order chi connectivity index (χ1) is 6.74. The molecule has 1 heterocycles. The molecule has 14 heavy (non-hydrogen) atoms. The summed E-state index contributed by atoms with van der Waals surface area (Å²) >= 11 is 0. The van der Waals surface area contributed by atoms with E-state index < -0.39 is 6.10 Å². The molecule has 0 aliphatic heterocycles. The van der Waals surface area contributed by atoms with Crippen molar-refractivity contribution < 1.29 is 10.2 Å². The van der Waals surface area contributed by atoms with Crippen LogP contribution in [0, 0.1) is 0 Å². The number of aromatic nitrogens is 1. The lowest BCUT2D eigenvalue weighted by atomic mass is 10.1. The van der Waals surface area contributed by atoms with E-state index in [0.717, 1.165) is 5.56 Å². The molecule has 0 saturated heterocycles. The van der Waals surface area contributed by atoms with Gasteiger partial charge in [0.1, 0.15) is 0 Å². The van der Waals surface area contributed by atoms with Gasteiger partial charge in [-0.3, -0.25) is 4.98 Å². The van der Waals surface area contributed by atoms with E-state index in [1.807, 2.05) is 11.9 Å². The van der Waals surface area contributed by atoms with Crippen molar-refractivity contribution in [1.29, 1.82) is 0 Å². The predicted octanol–water partition coefficient (Wildman–Crippen LogP) is 0.0391. The third-order valence-corrected chi connectivity index (χ3v) is 2.06. The second-order valence-corrected chi connectivity index (χ2v) is 3.28. The monoisotopic (exact) mass is 196 g/mol. The first kappa shape index (κ1) is 11.1. The van der Waals surface area contributed by atoms with E-state index in [-0.39, 0.29) is 6.61 Å². The number of nitrogens with zero attached hydrogens (tertiary/aromatic N) is 2. The third kappa shape index (κ3) is 3.41. The van der Waals surface area contributed by atoms with Gasteiger partial charge in [0.05, 0.1) is 12.7 Å². The van der Waals surface area contributed by atoms with Crippen molar-refractivity contribution in [2.75, 3.05) is 26.7 Å². The SMILES string of the molecule is CN(CCO)CC(O)c1ccncc1. The van der Waals surface area contributed by atoms with Crippen LogP contribution < -0.4 is 0 Å². The van der Waals surface area contributed by atoms with Crippen molar-refractivity contribution in [3.05, 3.63) is 30.1 Å². The summed E-state index contributed by atoms with van der Waals surface area (Å²) in [6.45, 7) is 1.20. The first-order valence-corrected chi connectivity index (χ1v) is 4.61. The lowest BCUT2D eigenvalue weighted by Crippen LogP contribution is -2.27. The van der Waals surface area contributed by atoms with Gasteiger partial charge in [-0.2, -0.15) is 0 Å². The molecule has 1 aromatic rings. The molecule has 1 atom stereocenters. The highest BCUT2D eigenvalue weighted by Gasteiger charge is 2.09. The maximum absolute atomic E-state index is 9.77. The fraction of sp³-hybridized carbons (Fsp3) is 0.500. The summed E-state index contributed by atoms with van der Waals surface area (Å²) in [6.07, 6.45) is 2.80. The van der Waals surface area contributed by atoms with Crippen molar-refractivity contribution in [2.45, 2.75) is 6.10 Å². The van der Waals surface area contributed by atoms with E-state index in [9.17, 15) is 5.11 Å². The highest BCUT2D eigenvalue weighted by atomic mass is 16.3. The van der Waals surface area contributed by atoms with Crippen LogP contribution in [0.25, 0.3) is 0 Å². The van der Waals surface area contributed by atoms with Gasteiger partial charge in [-0.25, -0.2) is 0 Å². The van der Waals surface area contributed by atoms with E-state index >= 15 is 0 Å². The molecule has 0 aliphatic carbocycles. The molecule has 2 N–H and O–H groups in total. The summed E-state index contributed by atoms with van der Waals surface area (Å²) in [5.41, 5.74) is 0.852. The van der Waals surface area contributed by atoms with Crippen LogP contribution in [0.2, 0.25) is 0 Å². The normalized spacial score (nSPS) is 13.1. The van der Waals surface area contributed by atoms with Crippen molar-refractivity contribution in [2.24, 2.45) is 0 Å². The molecule has 4 nitrogen and oxygen atoms in total. The van der Waals surface area contributed by atoms with Crippen molar-refractivity contribution in [3.63, 3.8) is 0 Å². The standard InChI is InChI=1S/C10H16N2O2/c1-12(6-7-13)8-10(14)9-2-4-11-5-3-9/h2-5,10,13-14H,6-8H2,1H3. The predicted molar refractivity (Wildman–Crippen MR) is 53.8 cm³/mol. The molecular weight excluding hydrogens is 180 g/mol. The zero-order valence-corrected chi connectivity index (χ0v) is 8.30. The molecule has 0 fully saturated rings. The first-order valence-electron chi connectivity index (χ1n) is 4.61. The number of rotatable bonds is 5. The Labute approximate surface area is 83.8 Å². The van der Waals surface area contributed by atoms with Gasteiger partial charge in [0.25, 0.3) is 0 Å². The third-order valence-electron chi connectivity index (χ3n) is 2.06. The Hall–Kier alpha value is -0.970. The molecule has 0 spiro atoms. The minimum Gasteiger partial charge on any atom is -0.395 e. The summed E-state index contributed by atoms with van der Waals surface area (Å²) in [7, 11) is 1.86. The van der Waals surface area contributed by atoms with E-state index in [0.29, 0.717) is 13.1 Å². The van der Waals surface area contributed by atoms with E-state index in [4.69, 9.17) is 5.11 Å². The molecule has 1 unspecified atom stereocenters. The minimum atomic E-state index is -0.519. The molecule has 0 amide bonds. The second kappa shape index (κ2) is 5.70. The second-order valence-electron chi connectivity index (χ2n) is 3.28. The van der Waals surface area contributed by atoms with Gasteiger partial charge < -0.3 is 15.1 Å². The van der Waals surface area contributed by atoms with E-state index in [1.165, 1.54) is 0 Å². The van der Waals surface area contributed by atoms with Gasteiger partial charge in [0.2, 0.25) is 0 Å². The van der Waals surface area contributed by atoms with Gasteiger partial charge in [-0.15, -0.1) is 0 Å². The number of hydrogen-bond acceptors (Lipinski definition) is 4. The molecule has 4 heteroatoms. The zero-order valence-electron chi connectivity index (χ0n) is 8.30. The van der Waals surface area contributed by atoms with Crippen LogP contribution >= 0.6 is 0 Å². The van der Waals surface area contributed by atoms with Crippen LogP contribution in [0.4, 0.5) is 0 Å². The van der Waals surface area contributed by atoms with Crippen LogP contribution in [0.1, 0.15) is 11.7 Å². The number of aliphatic hydroxyl groups excluding tert-OH is 2. The molecular formula is C10H16N2O2. The molecule has 0 saturated carbocycles. The number of likely N-dealkylation sites (N-methyl/N-ethyl adjacent to an activating group) is 1. The molecule has 1 rings (SSSR count). The Bertz CT molecular complexity index is 254. The largest absolute Gasteiger partial charge is 0.395 e. The Balaban J connectivity index is 2.46. The van der Waals surface area contributed by atoms with Crippen molar-refractivity contribution in [3.8, 4) is 0 Å². The fourth-order valence-corrected chi connectivity index (χ4v) is 1.25. The molecule has 0 bridgehead atoms. The average Bonchev–Trinajstić information content (AvgIpc) is 2.19. The average molecular weight is 196 g/mol. The Morgan fingerprint density at radius 2 is 2.07 bits per heavy atom. The topological polar surface area (TPSA) is 56.6 Å². The Kier molecular flexibility index (Phi) is 4.52. The van der Waals surface area contributed by atoms with Crippen LogP contribution in [0.5, 0.6) is 0 Å². The maximum atomic E-state index is 9.77. The zero-order chi connectivity index (χ0) is 10.4. The summed E-state index contributed by atoms with van der Waals surface area (Å²) in [5, 5.41) is 18.5. The van der Waals surface area contributed by atoms with Crippen molar-refractivity contribution in [1.82, 2.24) is 9.88 Å². The van der Waals surface area contributed by atoms with Gasteiger partial charge in [-0.1, -0.05) is 0 Å². The van der Waals surface area contributed by atoms with Crippen LogP contribution in [0.3, 0.4) is 0 Å². The maximum Gasteiger partial charge on any atom is 0.0917 e. The summed E-state index contributed by atoms with van der Waals surface area (Å²) < 4.78 is 0. The Morgan fingerprint density at radius 1 is 1.43 bits per heavy atom. The molecule has 1 aromatic heterocycles. The van der Waals surface area contributed by atoms with Gasteiger partial charge in [0, 0.05) is 25.5 Å². The quantitative estimate of drug-likeness (QED) is 0.698. The lowest BCUT2D eigenvalue weighted by Gasteiger charge is -2.19. The number of pyridine rings is 1. The lowest BCUT2D eigenvalue weighted by molar-refractivity contribution is 0.115. The van der Waals surface area contributed by atoms with Crippen molar-refractivity contribution >= 4 is 0 Å². The smallest absolute Gasteiger partial charge is 0.0917 e. The van der Waals surface area contributed by atoms with Crippen LogP contribution in [0.15, 0.2) is 24.5 Å². The van der Waals surface area contributed by atoms with Crippen LogP contribution in [-0.2, 0) is 0 Å². The fourth-order valence-electron chi connectivity index (χ4n) is 1.25. The summed E-state index contributed by atoms with van der Waals surface area (Å²) in [6, 6.07) is 3.58. The van der Waals surface area contributed by atoms with Crippen LogP contribution in [-0.4, -0.2) is 46.8 Å². The molecule has 0 aliphatic rings. The van der Waals surface area contributed by atoms with Gasteiger partial charge in [0.15, 0.2) is 0 Å². The number of aliphatic hydroxyl groups is 2. The highest BCUT2D eigenvalue weighted by molar-refractivity contribution is 5.13.